The second-order valence-corrected chi connectivity index (χ2v) is 4.88. The molecular formula is C17H13FN4O2. The highest BCUT2D eigenvalue weighted by Gasteiger charge is 2.21. The zero-order valence-corrected chi connectivity index (χ0v) is 12.4. The molecule has 2 amide bonds. The molecule has 120 valence electrons. The van der Waals surface area contributed by atoms with Crippen LogP contribution in [0.4, 0.5) is 15.8 Å². The van der Waals surface area contributed by atoms with E-state index in [0.29, 0.717) is 5.69 Å². The Morgan fingerprint density at radius 1 is 0.917 bits per heavy atom. The minimum Gasteiger partial charge on any atom is -0.340 e. The Labute approximate surface area is 136 Å². The maximum Gasteiger partial charge on any atom is 0.276 e. The molecule has 24 heavy (non-hydrogen) atoms. The van der Waals surface area contributed by atoms with Crippen molar-refractivity contribution in [1.29, 1.82) is 0 Å². The standard InChI is InChI=1S/C17H13FN4O2/c18-12-8-4-5-9-13(12)22-17(24)15-14(19-10-20-15)16(23)21-11-6-2-1-3-7-11/h1-10H,(H,19,20)(H,21,23)(H,22,24). The van der Waals surface area contributed by atoms with Crippen LogP contribution in [0.15, 0.2) is 60.9 Å². The van der Waals surface area contributed by atoms with Gasteiger partial charge in [-0.05, 0) is 24.3 Å². The minimum absolute atomic E-state index is 0.0199. The van der Waals surface area contributed by atoms with Crippen molar-refractivity contribution in [3.8, 4) is 0 Å². The summed E-state index contributed by atoms with van der Waals surface area (Å²) in [5.41, 5.74) is 0.469. The lowest BCUT2D eigenvalue weighted by Crippen LogP contribution is -2.20. The molecule has 1 heterocycles. The Morgan fingerprint density at radius 3 is 2.38 bits per heavy atom. The number of hydrogen-bond acceptors (Lipinski definition) is 3. The third kappa shape index (κ3) is 3.30. The Bertz CT molecular complexity index is 877. The smallest absolute Gasteiger partial charge is 0.276 e. The fourth-order valence-electron chi connectivity index (χ4n) is 2.10. The van der Waals surface area contributed by atoms with Gasteiger partial charge in [-0.2, -0.15) is 0 Å². The first-order chi connectivity index (χ1) is 11.6. The molecule has 0 aliphatic heterocycles. The zero-order chi connectivity index (χ0) is 16.9. The number of hydrogen-bond donors (Lipinski definition) is 3. The number of amides is 2. The van der Waals surface area contributed by atoms with Gasteiger partial charge in [-0.25, -0.2) is 9.37 Å². The summed E-state index contributed by atoms with van der Waals surface area (Å²) in [6.07, 6.45) is 1.23. The fourth-order valence-corrected chi connectivity index (χ4v) is 2.10. The van der Waals surface area contributed by atoms with Gasteiger partial charge in [-0.3, -0.25) is 9.59 Å². The number of halogens is 1. The van der Waals surface area contributed by atoms with Crippen LogP contribution in [0.3, 0.4) is 0 Å². The van der Waals surface area contributed by atoms with Crippen LogP contribution >= 0.6 is 0 Å². The van der Waals surface area contributed by atoms with E-state index in [1.165, 1.54) is 24.5 Å². The normalized spacial score (nSPS) is 10.2. The molecule has 0 saturated carbocycles. The Balaban J connectivity index is 1.78. The lowest BCUT2D eigenvalue weighted by Gasteiger charge is -2.07. The summed E-state index contributed by atoms with van der Waals surface area (Å²) in [6.45, 7) is 0. The van der Waals surface area contributed by atoms with Crippen molar-refractivity contribution in [3.05, 3.63) is 78.1 Å². The third-order valence-electron chi connectivity index (χ3n) is 3.24. The second-order valence-electron chi connectivity index (χ2n) is 4.88. The molecule has 0 unspecified atom stereocenters. The van der Waals surface area contributed by atoms with E-state index in [1.54, 1.807) is 30.3 Å². The van der Waals surface area contributed by atoms with E-state index in [1.807, 2.05) is 6.07 Å². The molecule has 0 radical (unpaired) electrons. The summed E-state index contributed by atoms with van der Waals surface area (Å²) in [7, 11) is 0. The van der Waals surface area contributed by atoms with E-state index < -0.39 is 17.6 Å². The highest BCUT2D eigenvalue weighted by molar-refractivity contribution is 6.13. The molecule has 3 N–H and O–H groups in total. The van der Waals surface area contributed by atoms with Crippen LogP contribution in [0.2, 0.25) is 0 Å². The molecule has 0 spiro atoms. The van der Waals surface area contributed by atoms with Gasteiger partial charge < -0.3 is 15.6 Å². The predicted molar refractivity (Wildman–Crippen MR) is 87.3 cm³/mol. The Morgan fingerprint density at radius 2 is 1.62 bits per heavy atom. The number of para-hydroxylation sites is 2. The fraction of sp³-hybridized carbons (Fsp3) is 0. The number of carbonyl (C=O) groups excluding carboxylic acids is 2. The van der Waals surface area contributed by atoms with Gasteiger partial charge in [0, 0.05) is 5.69 Å². The largest absolute Gasteiger partial charge is 0.340 e. The van der Waals surface area contributed by atoms with Crippen molar-refractivity contribution in [2.24, 2.45) is 0 Å². The van der Waals surface area contributed by atoms with E-state index in [-0.39, 0.29) is 17.1 Å². The summed E-state index contributed by atoms with van der Waals surface area (Å²) >= 11 is 0. The first kappa shape index (κ1) is 15.4. The van der Waals surface area contributed by atoms with Crippen molar-refractivity contribution in [1.82, 2.24) is 9.97 Å². The van der Waals surface area contributed by atoms with Gasteiger partial charge in [-0.15, -0.1) is 0 Å². The molecule has 0 bridgehead atoms. The lowest BCUT2D eigenvalue weighted by molar-refractivity contribution is 0.0985. The number of H-pyrrole nitrogens is 1. The molecule has 7 heteroatoms. The van der Waals surface area contributed by atoms with Gasteiger partial charge in [0.25, 0.3) is 11.8 Å². The van der Waals surface area contributed by atoms with Gasteiger partial charge in [0.1, 0.15) is 11.5 Å². The predicted octanol–water partition coefficient (Wildman–Crippen LogP) is 3.05. The van der Waals surface area contributed by atoms with Gasteiger partial charge in [0.15, 0.2) is 5.69 Å². The highest BCUT2D eigenvalue weighted by Crippen LogP contribution is 2.15. The van der Waals surface area contributed by atoms with Gasteiger partial charge in [0.05, 0.1) is 12.0 Å². The van der Waals surface area contributed by atoms with Crippen LogP contribution < -0.4 is 10.6 Å². The van der Waals surface area contributed by atoms with Crippen LogP contribution in [0, 0.1) is 5.82 Å². The quantitative estimate of drug-likeness (QED) is 0.689. The van der Waals surface area contributed by atoms with Crippen molar-refractivity contribution >= 4 is 23.2 Å². The van der Waals surface area contributed by atoms with Crippen LogP contribution in [-0.2, 0) is 0 Å². The molecule has 0 atom stereocenters. The number of benzene rings is 2. The first-order valence-electron chi connectivity index (χ1n) is 7.11. The van der Waals surface area contributed by atoms with Crippen LogP contribution in [0.5, 0.6) is 0 Å². The average Bonchev–Trinajstić information content (AvgIpc) is 3.08. The Kier molecular flexibility index (Phi) is 4.33. The van der Waals surface area contributed by atoms with Gasteiger partial charge in [-0.1, -0.05) is 30.3 Å². The van der Waals surface area contributed by atoms with E-state index in [0.717, 1.165) is 0 Å². The summed E-state index contributed by atoms with van der Waals surface area (Å²) in [6, 6.07) is 14.5. The number of imidazole rings is 1. The number of nitrogens with one attached hydrogen (secondary N) is 3. The van der Waals surface area contributed by atoms with Crippen LogP contribution in [-0.4, -0.2) is 21.8 Å². The van der Waals surface area contributed by atoms with Gasteiger partial charge in [0.2, 0.25) is 0 Å². The summed E-state index contributed by atoms with van der Waals surface area (Å²) in [4.78, 5) is 31.0. The number of anilines is 2. The molecule has 0 fully saturated rings. The van der Waals surface area contributed by atoms with E-state index in [9.17, 15) is 14.0 Å². The molecule has 0 aliphatic rings. The molecule has 3 rings (SSSR count). The topological polar surface area (TPSA) is 86.9 Å². The minimum atomic E-state index is -0.657. The Hall–Kier alpha value is -3.48. The van der Waals surface area contributed by atoms with Gasteiger partial charge >= 0.3 is 0 Å². The number of aromatic amines is 1. The summed E-state index contributed by atoms with van der Waals surface area (Å²) in [5, 5.41) is 5.05. The number of aromatic nitrogens is 2. The number of carbonyl (C=O) groups is 2. The molecule has 1 aromatic heterocycles. The molecule has 6 nitrogen and oxygen atoms in total. The number of nitrogens with zero attached hydrogens (tertiary/aromatic N) is 1. The third-order valence-corrected chi connectivity index (χ3v) is 3.24. The van der Waals surface area contributed by atoms with Crippen molar-refractivity contribution in [2.75, 3.05) is 10.6 Å². The molecule has 0 aliphatic carbocycles. The molecule has 3 aromatic rings. The molecular weight excluding hydrogens is 311 g/mol. The highest BCUT2D eigenvalue weighted by atomic mass is 19.1. The zero-order valence-electron chi connectivity index (χ0n) is 12.4. The van der Waals surface area contributed by atoms with Crippen LogP contribution in [0.1, 0.15) is 21.0 Å². The number of rotatable bonds is 4. The molecule has 0 saturated heterocycles. The van der Waals surface area contributed by atoms with E-state index >= 15 is 0 Å². The average molecular weight is 324 g/mol. The first-order valence-corrected chi connectivity index (χ1v) is 7.11. The second kappa shape index (κ2) is 6.74. The van der Waals surface area contributed by atoms with E-state index in [2.05, 4.69) is 20.6 Å². The van der Waals surface area contributed by atoms with Crippen molar-refractivity contribution < 1.29 is 14.0 Å². The van der Waals surface area contributed by atoms with E-state index in [4.69, 9.17) is 0 Å². The summed E-state index contributed by atoms with van der Waals surface area (Å²) < 4.78 is 13.6. The van der Waals surface area contributed by atoms with Crippen molar-refractivity contribution in [2.45, 2.75) is 0 Å². The monoisotopic (exact) mass is 324 g/mol. The summed E-state index contributed by atoms with van der Waals surface area (Å²) in [5.74, 6) is -1.77. The maximum absolute atomic E-state index is 13.6. The maximum atomic E-state index is 13.6. The lowest BCUT2D eigenvalue weighted by atomic mass is 10.2. The molecule has 2 aromatic carbocycles. The van der Waals surface area contributed by atoms with Crippen LogP contribution in [0.25, 0.3) is 0 Å². The SMILES string of the molecule is O=C(Nc1ccccc1)c1nc[nH]c1C(=O)Nc1ccccc1F. The van der Waals surface area contributed by atoms with Crippen molar-refractivity contribution in [3.63, 3.8) is 0 Å².